The van der Waals surface area contributed by atoms with Gasteiger partial charge in [0.1, 0.15) is 0 Å². The average Bonchev–Trinajstić information content (AvgIpc) is 2.68. The molecule has 1 saturated heterocycles. The lowest BCUT2D eigenvalue weighted by atomic mass is 10.1. The molecular weight excluding hydrogens is 186 g/mol. The van der Waals surface area contributed by atoms with Crippen molar-refractivity contribution in [1.29, 1.82) is 0 Å². The molecule has 76 valence electrons. The fourth-order valence-corrected chi connectivity index (χ4v) is 1.58. The molecule has 1 N–H and O–H groups in total. The summed E-state index contributed by atoms with van der Waals surface area (Å²) in [4.78, 5) is 13.4. The maximum absolute atomic E-state index is 10.3. The van der Waals surface area contributed by atoms with Gasteiger partial charge in [-0.1, -0.05) is 4.98 Å². The zero-order valence-corrected chi connectivity index (χ0v) is 7.59. The Bertz CT molecular complexity index is 331. The molecule has 0 spiro atoms. The quantitative estimate of drug-likeness (QED) is 0.537. The van der Waals surface area contributed by atoms with E-state index in [4.69, 9.17) is 0 Å². The summed E-state index contributed by atoms with van der Waals surface area (Å²) in [7, 11) is 0. The van der Waals surface area contributed by atoms with Gasteiger partial charge in [-0.25, -0.2) is 0 Å². The van der Waals surface area contributed by atoms with Gasteiger partial charge in [0.2, 0.25) is 6.33 Å². The summed E-state index contributed by atoms with van der Waals surface area (Å²) in [6, 6.07) is 0.199. The largest absolute Gasteiger partial charge is 0.490 e. The van der Waals surface area contributed by atoms with Gasteiger partial charge in [-0.2, -0.15) is 4.68 Å². The minimum absolute atomic E-state index is 0.199. The van der Waals surface area contributed by atoms with E-state index in [1.54, 1.807) is 4.68 Å². The Balaban J connectivity index is 2.11. The summed E-state index contributed by atoms with van der Waals surface area (Å²) in [6.45, 7) is 1.81. The molecule has 7 heteroatoms. The van der Waals surface area contributed by atoms with Crippen LogP contribution in [0, 0.1) is 10.1 Å². The summed E-state index contributed by atoms with van der Waals surface area (Å²) in [5.41, 5.74) is 0. The molecule has 14 heavy (non-hydrogen) atoms. The summed E-state index contributed by atoms with van der Waals surface area (Å²) >= 11 is 0. The van der Waals surface area contributed by atoms with E-state index in [-0.39, 0.29) is 12.0 Å². The van der Waals surface area contributed by atoms with Crippen molar-refractivity contribution in [2.75, 3.05) is 13.1 Å². The Kier molecular flexibility index (Phi) is 2.40. The van der Waals surface area contributed by atoms with Crippen molar-refractivity contribution in [2.45, 2.75) is 18.9 Å². The van der Waals surface area contributed by atoms with Gasteiger partial charge in [-0.15, -0.1) is 0 Å². The van der Waals surface area contributed by atoms with Gasteiger partial charge in [0.25, 0.3) is 0 Å². The molecule has 1 fully saturated rings. The first-order chi connectivity index (χ1) is 6.77. The summed E-state index contributed by atoms with van der Waals surface area (Å²) in [5, 5.41) is 17.4. The Morgan fingerprint density at radius 1 is 1.71 bits per heavy atom. The van der Waals surface area contributed by atoms with E-state index in [2.05, 4.69) is 15.4 Å². The number of nitrogens with zero attached hydrogens (tertiary/aromatic N) is 4. The summed E-state index contributed by atoms with van der Waals surface area (Å²) in [5.74, 6) is -0.324. The van der Waals surface area contributed by atoms with Crippen LogP contribution >= 0.6 is 0 Å². The van der Waals surface area contributed by atoms with Crippen LogP contribution < -0.4 is 5.32 Å². The highest BCUT2D eigenvalue weighted by molar-refractivity contribution is 4.98. The lowest BCUT2D eigenvalue weighted by Crippen LogP contribution is -2.31. The maximum atomic E-state index is 10.3. The van der Waals surface area contributed by atoms with Gasteiger partial charge >= 0.3 is 5.95 Å². The molecule has 1 atom stereocenters. The zero-order chi connectivity index (χ0) is 9.97. The van der Waals surface area contributed by atoms with Gasteiger partial charge in [0, 0.05) is 11.6 Å². The van der Waals surface area contributed by atoms with Crippen LogP contribution in [0.3, 0.4) is 0 Å². The predicted octanol–water partition coefficient (Wildman–Crippen LogP) is 0.111. The smallest absolute Gasteiger partial charge is 0.390 e. The first kappa shape index (κ1) is 9.07. The van der Waals surface area contributed by atoms with Crippen LogP contribution in [-0.2, 0) is 0 Å². The molecule has 1 unspecified atom stereocenters. The van der Waals surface area contributed by atoms with E-state index >= 15 is 0 Å². The Labute approximate surface area is 80.3 Å². The molecule has 1 aromatic rings. The number of hydrogen-bond donors (Lipinski definition) is 1. The molecule has 1 aliphatic rings. The standard InChI is InChI=1S/C7H11N5O2/c13-12(14)7-9-5-11(10-7)6-2-1-3-8-4-6/h5-6,8H,1-4H2. The van der Waals surface area contributed by atoms with Gasteiger partial charge in [-0.3, -0.25) is 0 Å². The SMILES string of the molecule is O=[N+]([O-])c1ncn(C2CCCNC2)n1. The number of rotatable bonds is 2. The average molecular weight is 197 g/mol. The summed E-state index contributed by atoms with van der Waals surface area (Å²) in [6.07, 6.45) is 3.49. The third-order valence-corrected chi connectivity index (χ3v) is 2.30. The van der Waals surface area contributed by atoms with Crippen molar-refractivity contribution >= 4 is 5.95 Å². The fraction of sp³-hybridized carbons (Fsp3) is 0.714. The van der Waals surface area contributed by atoms with Crippen LogP contribution in [0.4, 0.5) is 5.95 Å². The van der Waals surface area contributed by atoms with Crippen molar-refractivity contribution in [3.8, 4) is 0 Å². The van der Waals surface area contributed by atoms with Gasteiger partial charge < -0.3 is 15.4 Å². The molecule has 1 aliphatic heterocycles. The predicted molar refractivity (Wildman–Crippen MR) is 47.8 cm³/mol. The molecular formula is C7H11N5O2. The van der Waals surface area contributed by atoms with Crippen LogP contribution in [0.5, 0.6) is 0 Å². The molecule has 0 bridgehead atoms. The number of nitrogens with one attached hydrogen (secondary N) is 1. The van der Waals surface area contributed by atoms with Crippen molar-refractivity contribution in [3.05, 3.63) is 16.4 Å². The second kappa shape index (κ2) is 3.70. The topological polar surface area (TPSA) is 85.9 Å². The van der Waals surface area contributed by atoms with Crippen LogP contribution in [0.2, 0.25) is 0 Å². The third kappa shape index (κ3) is 1.72. The molecule has 0 aromatic carbocycles. The van der Waals surface area contributed by atoms with E-state index in [1.807, 2.05) is 0 Å². The Morgan fingerprint density at radius 3 is 3.14 bits per heavy atom. The van der Waals surface area contributed by atoms with E-state index in [1.165, 1.54) is 6.33 Å². The molecule has 2 rings (SSSR count). The Morgan fingerprint density at radius 2 is 2.57 bits per heavy atom. The van der Waals surface area contributed by atoms with Crippen LogP contribution in [0.1, 0.15) is 18.9 Å². The normalized spacial score (nSPS) is 22.1. The number of piperidine rings is 1. The minimum atomic E-state index is -0.577. The lowest BCUT2D eigenvalue weighted by Gasteiger charge is -2.20. The van der Waals surface area contributed by atoms with Gasteiger partial charge in [0.15, 0.2) is 0 Å². The highest BCUT2D eigenvalue weighted by atomic mass is 16.6. The molecule has 1 aromatic heterocycles. The second-order valence-electron chi connectivity index (χ2n) is 3.28. The van der Waals surface area contributed by atoms with Crippen molar-refractivity contribution in [1.82, 2.24) is 20.1 Å². The molecule has 0 amide bonds. The van der Waals surface area contributed by atoms with Gasteiger partial charge in [-0.05, 0) is 24.3 Å². The molecule has 2 heterocycles. The van der Waals surface area contributed by atoms with E-state index in [0.717, 1.165) is 25.9 Å². The van der Waals surface area contributed by atoms with Crippen LogP contribution in [-0.4, -0.2) is 32.8 Å². The second-order valence-corrected chi connectivity index (χ2v) is 3.28. The van der Waals surface area contributed by atoms with Crippen molar-refractivity contribution < 1.29 is 4.92 Å². The summed E-state index contributed by atoms with van der Waals surface area (Å²) < 4.78 is 1.57. The number of aromatic nitrogens is 3. The van der Waals surface area contributed by atoms with Crippen molar-refractivity contribution in [2.24, 2.45) is 0 Å². The molecule has 0 aliphatic carbocycles. The number of nitro groups is 1. The molecule has 0 saturated carbocycles. The number of hydrogen-bond acceptors (Lipinski definition) is 5. The first-order valence-electron chi connectivity index (χ1n) is 4.53. The molecule has 7 nitrogen and oxygen atoms in total. The van der Waals surface area contributed by atoms with E-state index < -0.39 is 4.92 Å². The first-order valence-corrected chi connectivity index (χ1v) is 4.53. The monoisotopic (exact) mass is 197 g/mol. The highest BCUT2D eigenvalue weighted by Gasteiger charge is 2.21. The Hall–Kier alpha value is -1.50. The minimum Gasteiger partial charge on any atom is -0.390 e. The van der Waals surface area contributed by atoms with Gasteiger partial charge in [0.05, 0.1) is 6.04 Å². The zero-order valence-electron chi connectivity index (χ0n) is 7.59. The lowest BCUT2D eigenvalue weighted by molar-refractivity contribution is -0.394. The van der Waals surface area contributed by atoms with Crippen LogP contribution in [0.25, 0.3) is 0 Å². The highest BCUT2D eigenvalue weighted by Crippen LogP contribution is 2.15. The fourth-order valence-electron chi connectivity index (χ4n) is 1.58. The van der Waals surface area contributed by atoms with Crippen LogP contribution in [0.15, 0.2) is 6.33 Å². The third-order valence-electron chi connectivity index (χ3n) is 2.30. The maximum Gasteiger partial charge on any atom is 0.490 e. The molecule has 0 radical (unpaired) electrons. The van der Waals surface area contributed by atoms with Crippen molar-refractivity contribution in [3.63, 3.8) is 0 Å². The van der Waals surface area contributed by atoms with E-state index in [9.17, 15) is 10.1 Å². The van der Waals surface area contributed by atoms with E-state index in [0.29, 0.717) is 0 Å².